The molecule has 2 rings (SSSR count). The van der Waals surface area contributed by atoms with Crippen LogP contribution in [0.5, 0.6) is 0 Å². The Labute approximate surface area is 118 Å². The number of rotatable bonds is 2. The average molecular weight is 302 g/mol. The maximum absolute atomic E-state index is 12.1. The van der Waals surface area contributed by atoms with Crippen LogP contribution in [0.1, 0.15) is 18.4 Å². The van der Waals surface area contributed by atoms with Crippen LogP contribution in [0.3, 0.4) is 0 Å². The third kappa shape index (κ3) is 3.70. The molecular formula is C13H16ClNO3S. The Bertz CT molecular complexity index is 598. The molecule has 0 aromatic heterocycles. The molecule has 1 aliphatic rings. The predicted molar refractivity (Wildman–Crippen MR) is 76.2 cm³/mol. The molecule has 1 aliphatic heterocycles. The quantitative estimate of drug-likeness (QED) is 0.912. The lowest BCUT2D eigenvalue weighted by atomic mass is 10.0. The molecule has 1 amide bonds. The first kappa shape index (κ1) is 14.3. The van der Waals surface area contributed by atoms with Crippen LogP contribution in [0.25, 0.3) is 0 Å². The van der Waals surface area contributed by atoms with Crippen LogP contribution in [0.4, 0.5) is 5.69 Å². The second-order valence-electron chi connectivity index (χ2n) is 4.90. The summed E-state index contributed by atoms with van der Waals surface area (Å²) >= 11 is 5.88. The van der Waals surface area contributed by atoms with Gasteiger partial charge in [-0.25, -0.2) is 8.42 Å². The normalized spacial score (nSPS) is 21.9. The topological polar surface area (TPSA) is 63.2 Å². The van der Waals surface area contributed by atoms with E-state index in [1.807, 2.05) is 13.0 Å². The van der Waals surface area contributed by atoms with Gasteiger partial charge in [-0.15, -0.1) is 0 Å². The van der Waals surface area contributed by atoms with E-state index in [0.29, 0.717) is 23.6 Å². The molecule has 1 heterocycles. The number of anilines is 1. The molecule has 1 saturated heterocycles. The second kappa shape index (κ2) is 5.51. The molecule has 0 radical (unpaired) electrons. The summed E-state index contributed by atoms with van der Waals surface area (Å²) in [5, 5.41) is 3.31. The Morgan fingerprint density at radius 3 is 2.84 bits per heavy atom. The lowest BCUT2D eigenvalue weighted by Gasteiger charge is -2.21. The molecule has 1 aromatic rings. The highest BCUT2D eigenvalue weighted by Gasteiger charge is 2.29. The van der Waals surface area contributed by atoms with Crippen LogP contribution in [-0.2, 0) is 14.6 Å². The first-order valence-corrected chi connectivity index (χ1v) is 8.35. The van der Waals surface area contributed by atoms with Crippen LogP contribution < -0.4 is 5.32 Å². The summed E-state index contributed by atoms with van der Waals surface area (Å²) in [4.78, 5) is 12.1. The predicted octanol–water partition coefficient (Wildman–Crippen LogP) is 2.41. The van der Waals surface area contributed by atoms with Gasteiger partial charge in [0.1, 0.15) is 0 Å². The van der Waals surface area contributed by atoms with Crippen molar-refractivity contribution in [2.24, 2.45) is 5.92 Å². The molecule has 1 aromatic carbocycles. The third-order valence-electron chi connectivity index (χ3n) is 3.29. The van der Waals surface area contributed by atoms with E-state index in [2.05, 4.69) is 5.32 Å². The molecule has 0 bridgehead atoms. The lowest BCUT2D eigenvalue weighted by molar-refractivity contribution is -0.119. The van der Waals surface area contributed by atoms with Crippen molar-refractivity contribution in [2.75, 3.05) is 16.8 Å². The number of carbonyl (C=O) groups excluding carboxylic acids is 1. The molecule has 0 aliphatic carbocycles. The molecule has 1 unspecified atom stereocenters. The Morgan fingerprint density at radius 2 is 2.16 bits per heavy atom. The smallest absolute Gasteiger partial charge is 0.228 e. The average Bonchev–Trinajstić information content (AvgIpc) is 2.32. The largest absolute Gasteiger partial charge is 0.326 e. The van der Waals surface area contributed by atoms with Gasteiger partial charge in [0.15, 0.2) is 9.84 Å². The molecule has 6 heteroatoms. The zero-order valence-electron chi connectivity index (χ0n) is 10.6. The van der Waals surface area contributed by atoms with Gasteiger partial charge in [0.2, 0.25) is 5.91 Å². The van der Waals surface area contributed by atoms with Crippen LogP contribution in [0.2, 0.25) is 5.02 Å². The first-order chi connectivity index (χ1) is 8.87. The fourth-order valence-electron chi connectivity index (χ4n) is 2.19. The molecule has 0 saturated carbocycles. The van der Waals surface area contributed by atoms with Crippen molar-refractivity contribution >= 4 is 33.0 Å². The fourth-order valence-corrected chi connectivity index (χ4v) is 4.07. The summed E-state index contributed by atoms with van der Waals surface area (Å²) < 4.78 is 23.1. The molecular weight excluding hydrogens is 286 g/mol. The van der Waals surface area contributed by atoms with Crippen molar-refractivity contribution < 1.29 is 13.2 Å². The van der Waals surface area contributed by atoms with Crippen LogP contribution in [0, 0.1) is 12.8 Å². The minimum absolute atomic E-state index is 0.0571. The number of halogens is 1. The highest BCUT2D eigenvalue weighted by molar-refractivity contribution is 7.91. The zero-order chi connectivity index (χ0) is 14.0. The molecule has 4 nitrogen and oxygen atoms in total. The van der Waals surface area contributed by atoms with E-state index in [9.17, 15) is 13.2 Å². The van der Waals surface area contributed by atoms with Crippen LogP contribution in [0.15, 0.2) is 18.2 Å². The first-order valence-electron chi connectivity index (χ1n) is 6.15. The number of amides is 1. The van der Waals surface area contributed by atoms with Gasteiger partial charge in [0.25, 0.3) is 0 Å². The standard InChI is InChI=1S/C13H16ClNO3S/c1-9-4-5-11(14)7-12(9)15-13(16)10-3-2-6-19(17,18)8-10/h4-5,7,10H,2-3,6,8H2,1H3,(H,15,16). The molecule has 19 heavy (non-hydrogen) atoms. The van der Waals surface area contributed by atoms with E-state index >= 15 is 0 Å². The highest BCUT2D eigenvalue weighted by atomic mass is 35.5. The molecule has 1 N–H and O–H groups in total. The van der Waals surface area contributed by atoms with Crippen molar-refractivity contribution in [3.63, 3.8) is 0 Å². The molecule has 0 spiro atoms. The summed E-state index contributed by atoms with van der Waals surface area (Å²) in [5.74, 6) is -0.573. The number of carbonyl (C=O) groups is 1. The summed E-state index contributed by atoms with van der Waals surface area (Å²) in [6.07, 6.45) is 1.17. The van der Waals surface area contributed by atoms with Crippen molar-refractivity contribution in [1.29, 1.82) is 0 Å². The van der Waals surface area contributed by atoms with Gasteiger partial charge in [-0.3, -0.25) is 4.79 Å². The van der Waals surface area contributed by atoms with Gasteiger partial charge >= 0.3 is 0 Å². The highest BCUT2D eigenvalue weighted by Crippen LogP contribution is 2.23. The monoisotopic (exact) mass is 301 g/mol. The van der Waals surface area contributed by atoms with Crippen molar-refractivity contribution in [3.05, 3.63) is 28.8 Å². The number of sulfone groups is 1. The molecule has 104 valence electrons. The fraction of sp³-hybridized carbons (Fsp3) is 0.462. The number of hydrogen-bond acceptors (Lipinski definition) is 3. The Balaban J connectivity index is 2.11. The van der Waals surface area contributed by atoms with Crippen molar-refractivity contribution in [2.45, 2.75) is 19.8 Å². The van der Waals surface area contributed by atoms with Gasteiger partial charge in [-0.1, -0.05) is 17.7 Å². The second-order valence-corrected chi connectivity index (χ2v) is 7.57. The Morgan fingerprint density at radius 1 is 1.42 bits per heavy atom. The summed E-state index contributed by atoms with van der Waals surface area (Å²) in [7, 11) is -3.07. The van der Waals surface area contributed by atoms with Crippen molar-refractivity contribution in [1.82, 2.24) is 0 Å². The summed E-state index contributed by atoms with van der Waals surface area (Å²) in [5.41, 5.74) is 1.54. The lowest BCUT2D eigenvalue weighted by Crippen LogP contribution is -2.34. The number of hydrogen-bond donors (Lipinski definition) is 1. The number of benzene rings is 1. The van der Waals surface area contributed by atoms with E-state index in [4.69, 9.17) is 11.6 Å². The minimum Gasteiger partial charge on any atom is -0.326 e. The number of aryl methyl sites for hydroxylation is 1. The Kier molecular flexibility index (Phi) is 4.16. The maximum atomic E-state index is 12.1. The van der Waals surface area contributed by atoms with Crippen LogP contribution >= 0.6 is 11.6 Å². The van der Waals surface area contributed by atoms with E-state index < -0.39 is 15.8 Å². The van der Waals surface area contributed by atoms with Crippen LogP contribution in [-0.4, -0.2) is 25.8 Å². The Hall–Kier alpha value is -1.07. The number of nitrogens with one attached hydrogen (secondary N) is 1. The van der Waals surface area contributed by atoms with Gasteiger partial charge in [0.05, 0.1) is 17.4 Å². The summed E-state index contributed by atoms with van der Waals surface area (Å²) in [6.45, 7) is 1.86. The maximum Gasteiger partial charge on any atom is 0.228 e. The van der Waals surface area contributed by atoms with Gasteiger partial charge in [-0.2, -0.15) is 0 Å². The van der Waals surface area contributed by atoms with Gasteiger partial charge in [-0.05, 0) is 37.5 Å². The molecule has 1 atom stereocenters. The van der Waals surface area contributed by atoms with E-state index in [1.165, 1.54) is 0 Å². The van der Waals surface area contributed by atoms with E-state index in [0.717, 1.165) is 5.56 Å². The van der Waals surface area contributed by atoms with Crippen molar-refractivity contribution in [3.8, 4) is 0 Å². The van der Waals surface area contributed by atoms with E-state index in [-0.39, 0.29) is 17.4 Å². The SMILES string of the molecule is Cc1ccc(Cl)cc1NC(=O)C1CCCS(=O)(=O)C1. The summed E-state index contributed by atoms with van der Waals surface area (Å²) in [6, 6.07) is 5.24. The molecule has 1 fully saturated rings. The zero-order valence-corrected chi connectivity index (χ0v) is 12.2. The van der Waals surface area contributed by atoms with Gasteiger partial charge in [0, 0.05) is 10.7 Å². The van der Waals surface area contributed by atoms with Gasteiger partial charge < -0.3 is 5.32 Å². The minimum atomic E-state index is -3.07. The van der Waals surface area contributed by atoms with E-state index in [1.54, 1.807) is 12.1 Å². The third-order valence-corrected chi connectivity index (χ3v) is 5.35.